The molecule has 4 rings (SSSR count). The molecule has 0 spiro atoms. The molecule has 8 heteroatoms. The second-order valence-electron chi connectivity index (χ2n) is 9.22. The van der Waals surface area contributed by atoms with Gasteiger partial charge in [0.1, 0.15) is 13.2 Å². The molecule has 2 heterocycles. The Morgan fingerprint density at radius 2 is 1.70 bits per heavy atom. The van der Waals surface area contributed by atoms with Crippen LogP contribution in [0.15, 0.2) is 23.1 Å². The van der Waals surface area contributed by atoms with Gasteiger partial charge < -0.3 is 14.8 Å². The van der Waals surface area contributed by atoms with Crippen molar-refractivity contribution >= 4 is 15.9 Å². The van der Waals surface area contributed by atoms with Gasteiger partial charge in [-0.2, -0.15) is 4.31 Å². The smallest absolute Gasteiger partial charge is 0.243 e. The van der Waals surface area contributed by atoms with Gasteiger partial charge in [0, 0.05) is 30.6 Å². The van der Waals surface area contributed by atoms with Gasteiger partial charge in [0.2, 0.25) is 15.9 Å². The molecule has 7 nitrogen and oxygen atoms in total. The Labute approximate surface area is 179 Å². The molecule has 0 radical (unpaired) electrons. The minimum atomic E-state index is -3.62. The van der Waals surface area contributed by atoms with Crippen LogP contribution in [0.1, 0.15) is 52.4 Å². The molecule has 1 N–H and O–H groups in total. The normalized spacial score (nSPS) is 28.1. The summed E-state index contributed by atoms with van der Waals surface area (Å²) < 4.78 is 38.6. The lowest BCUT2D eigenvalue weighted by atomic mass is 9.78. The summed E-state index contributed by atoms with van der Waals surface area (Å²) in [6.07, 6.45) is 5.39. The van der Waals surface area contributed by atoms with E-state index in [1.54, 1.807) is 12.1 Å². The highest BCUT2D eigenvalue weighted by Gasteiger charge is 2.36. The number of nitrogens with zero attached hydrogens (tertiary/aromatic N) is 1. The van der Waals surface area contributed by atoms with Gasteiger partial charge in [-0.05, 0) is 63.5 Å². The van der Waals surface area contributed by atoms with Crippen LogP contribution in [0.5, 0.6) is 11.5 Å². The lowest BCUT2D eigenvalue weighted by molar-refractivity contribution is -0.128. The molecule has 0 aromatic heterocycles. The third-order valence-electron chi connectivity index (χ3n) is 6.78. The summed E-state index contributed by atoms with van der Waals surface area (Å²) in [6.45, 7) is 5.98. The Balaban J connectivity index is 1.36. The first kappa shape index (κ1) is 21.4. The zero-order valence-electron chi connectivity index (χ0n) is 17.9. The molecule has 0 unspecified atom stereocenters. The van der Waals surface area contributed by atoms with Gasteiger partial charge in [0.05, 0.1) is 4.90 Å². The number of hydrogen-bond donors (Lipinski definition) is 1. The summed E-state index contributed by atoms with van der Waals surface area (Å²) in [5.41, 5.74) is -0.127. The van der Waals surface area contributed by atoms with Crippen LogP contribution in [0.25, 0.3) is 0 Å². The molecule has 0 bridgehead atoms. The number of benzene rings is 1. The van der Waals surface area contributed by atoms with Crippen LogP contribution in [0, 0.1) is 11.8 Å². The highest BCUT2D eigenvalue weighted by Crippen LogP contribution is 2.35. The molecule has 1 amide bonds. The van der Waals surface area contributed by atoms with E-state index >= 15 is 0 Å². The molecule has 1 saturated carbocycles. The maximum atomic E-state index is 13.1. The largest absolute Gasteiger partial charge is 0.486 e. The summed E-state index contributed by atoms with van der Waals surface area (Å²) in [4.78, 5) is 13.0. The van der Waals surface area contributed by atoms with Crippen molar-refractivity contribution in [3.63, 3.8) is 0 Å². The summed E-state index contributed by atoms with van der Waals surface area (Å²) in [6, 6.07) is 4.74. The van der Waals surface area contributed by atoms with Crippen molar-refractivity contribution in [2.45, 2.75) is 62.8 Å². The van der Waals surface area contributed by atoms with Crippen molar-refractivity contribution in [3.8, 4) is 11.5 Å². The number of sulfonamides is 1. The van der Waals surface area contributed by atoms with Crippen LogP contribution in [-0.4, -0.2) is 50.5 Å². The number of nitrogens with one attached hydrogen (secondary N) is 1. The lowest BCUT2D eigenvalue weighted by Gasteiger charge is -2.39. The minimum absolute atomic E-state index is 0.0726. The third kappa shape index (κ3) is 4.44. The predicted octanol–water partition coefficient (Wildman–Crippen LogP) is 2.94. The molecule has 1 saturated heterocycles. The van der Waals surface area contributed by atoms with E-state index in [0.717, 1.165) is 31.6 Å². The average molecular weight is 437 g/mol. The number of rotatable bonds is 4. The van der Waals surface area contributed by atoms with E-state index in [9.17, 15) is 13.2 Å². The van der Waals surface area contributed by atoms with Gasteiger partial charge in [-0.3, -0.25) is 4.79 Å². The fraction of sp³-hybridized carbons (Fsp3) is 0.682. The summed E-state index contributed by atoms with van der Waals surface area (Å²) in [5, 5.41) is 3.27. The first-order valence-electron chi connectivity index (χ1n) is 11.0. The predicted molar refractivity (Wildman–Crippen MR) is 113 cm³/mol. The number of carbonyl (C=O) groups is 1. The van der Waals surface area contributed by atoms with Gasteiger partial charge >= 0.3 is 0 Å². The second kappa shape index (κ2) is 8.38. The van der Waals surface area contributed by atoms with Crippen LogP contribution < -0.4 is 14.8 Å². The number of amides is 1. The van der Waals surface area contributed by atoms with Gasteiger partial charge in [-0.1, -0.05) is 6.92 Å². The molecule has 3 aliphatic rings. The molecule has 30 heavy (non-hydrogen) atoms. The quantitative estimate of drug-likeness (QED) is 0.784. The summed E-state index contributed by atoms with van der Waals surface area (Å²) >= 11 is 0. The Morgan fingerprint density at radius 1 is 1.07 bits per heavy atom. The number of fused-ring (bicyclic) bond motifs is 1. The fourth-order valence-corrected chi connectivity index (χ4v) is 6.10. The SMILES string of the molecule is CC1CCC(C)(NC(=O)C2CCN(S(=O)(=O)c3ccc4c(c3)OCCO4)CC2)CC1. The van der Waals surface area contributed by atoms with E-state index in [-0.39, 0.29) is 22.3 Å². The zero-order chi connectivity index (χ0) is 21.4. The molecule has 2 fully saturated rings. The van der Waals surface area contributed by atoms with E-state index in [0.29, 0.717) is 50.6 Å². The van der Waals surface area contributed by atoms with Crippen molar-refractivity contribution in [1.82, 2.24) is 9.62 Å². The first-order chi connectivity index (χ1) is 14.3. The molecule has 1 aromatic rings. The van der Waals surface area contributed by atoms with Crippen LogP contribution in [0.4, 0.5) is 0 Å². The molecule has 2 aliphatic heterocycles. The van der Waals surface area contributed by atoms with E-state index in [1.807, 2.05) is 0 Å². The third-order valence-corrected chi connectivity index (χ3v) is 8.67. The molecule has 0 atom stereocenters. The second-order valence-corrected chi connectivity index (χ2v) is 11.2. The number of ether oxygens (including phenoxy) is 2. The Morgan fingerprint density at radius 3 is 2.37 bits per heavy atom. The van der Waals surface area contributed by atoms with Crippen LogP contribution >= 0.6 is 0 Å². The van der Waals surface area contributed by atoms with Crippen LogP contribution in [-0.2, 0) is 14.8 Å². The Hall–Kier alpha value is -1.80. The van der Waals surface area contributed by atoms with E-state index in [2.05, 4.69) is 19.2 Å². The topological polar surface area (TPSA) is 84.9 Å². The number of piperidine rings is 1. The number of carbonyl (C=O) groups excluding carboxylic acids is 1. The van der Waals surface area contributed by atoms with E-state index < -0.39 is 10.0 Å². The highest BCUT2D eigenvalue weighted by atomic mass is 32.2. The van der Waals surface area contributed by atoms with Crippen molar-refractivity contribution in [1.29, 1.82) is 0 Å². The van der Waals surface area contributed by atoms with Crippen molar-refractivity contribution in [2.24, 2.45) is 11.8 Å². The summed E-state index contributed by atoms with van der Waals surface area (Å²) in [5.74, 6) is 1.70. The lowest BCUT2D eigenvalue weighted by Crippen LogP contribution is -2.52. The Kier molecular flexibility index (Phi) is 5.99. The zero-order valence-corrected chi connectivity index (χ0v) is 18.7. The van der Waals surface area contributed by atoms with Crippen molar-refractivity contribution in [2.75, 3.05) is 26.3 Å². The van der Waals surface area contributed by atoms with Crippen LogP contribution in [0.2, 0.25) is 0 Å². The van der Waals surface area contributed by atoms with Gasteiger partial charge in [-0.15, -0.1) is 0 Å². The molecular formula is C22H32N2O5S. The van der Waals surface area contributed by atoms with Crippen LogP contribution in [0.3, 0.4) is 0 Å². The maximum Gasteiger partial charge on any atom is 0.243 e. The van der Waals surface area contributed by atoms with Gasteiger partial charge in [0.15, 0.2) is 11.5 Å². The van der Waals surface area contributed by atoms with E-state index in [1.165, 1.54) is 10.4 Å². The van der Waals surface area contributed by atoms with Gasteiger partial charge in [-0.25, -0.2) is 8.42 Å². The maximum absolute atomic E-state index is 13.1. The van der Waals surface area contributed by atoms with Crippen molar-refractivity contribution in [3.05, 3.63) is 18.2 Å². The molecule has 1 aliphatic carbocycles. The molecule has 1 aromatic carbocycles. The highest BCUT2D eigenvalue weighted by molar-refractivity contribution is 7.89. The fourth-order valence-electron chi connectivity index (χ4n) is 4.62. The monoisotopic (exact) mass is 436 g/mol. The van der Waals surface area contributed by atoms with Crippen molar-refractivity contribution < 1.29 is 22.7 Å². The number of hydrogen-bond acceptors (Lipinski definition) is 5. The first-order valence-corrected chi connectivity index (χ1v) is 12.4. The standard InChI is InChI=1S/C22H32N2O5S/c1-16-5-9-22(2,10-6-16)23-21(25)17-7-11-24(12-8-17)30(26,27)18-3-4-19-20(15-18)29-14-13-28-19/h3-4,15-17H,5-14H2,1-2H3,(H,23,25). The molecular weight excluding hydrogens is 404 g/mol. The van der Waals surface area contributed by atoms with Gasteiger partial charge in [0.25, 0.3) is 0 Å². The minimum Gasteiger partial charge on any atom is -0.486 e. The van der Waals surface area contributed by atoms with E-state index in [4.69, 9.17) is 9.47 Å². The molecule has 166 valence electrons. The summed E-state index contributed by atoms with van der Waals surface area (Å²) in [7, 11) is -3.62. The average Bonchev–Trinajstić information content (AvgIpc) is 2.75. The Bertz CT molecular complexity index is 885.